The van der Waals surface area contributed by atoms with Gasteiger partial charge >= 0.3 is 5.97 Å². The number of hydrogen-bond acceptors (Lipinski definition) is 3. The van der Waals surface area contributed by atoms with Gasteiger partial charge in [-0.15, -0.1) is 0 Å². The van der Waals surface area contributed by atoms with E-state index in [0.717, 1.165) is 12.8 Å². The van der Waals surface area contributed by atoms with Gasteiger partial charge in [-0.05, 0) is 31.9 Å². The number of halogens is 2. The molecule has 5 nitrogen and oxygen atoms in total. The van der Waals surface area contributed by atoms with E-state index in [1.807, 2.05) is 0 Å². The zero-order chi connectivity index (χ0) is 15.4. The van der Waals surface area contributed by atoms with E-state index in [-0.39, 0.29) is 24.9 Å². The molecule has 0 aliphatic heterocycles. The number of rotatable bonds is 7. The molecule has 1 aromatic rings. The van der Waals surface area contributed by atoms with Crippen LogP contribution in [0.3, 0.4) is 0 Å². The molecule has 1 saturated carbocycles. The van der Waals surface area contributed by atoms with Crippen molar-refractivity contribution in [3.63, 3.8) is 0 Å². The van der Waals surface area contributed by atoms with E-state index in [9.17, 15) is 18.4 Å². The summed E-state index contributed by atoms with van der Waals surface area (Å²) in [5.74, 6) is -0.888. The van der Waals surface area contributed by atoms with Gasteiger partial charge in [0.2, 0.25) is 0 Å². The van der Waals surface area contributed by atoms with Crippen molar-refractivity contribution in [3.8, 4) is 0 Å². The molecule has 21 heavy (non-hydrogen) atoms. The van der Waals surface area contributed by atoms with Crippen LogP contribution in [0.4, 0.5) is 8.78 Å². The normalized spacial score (nSPS) is 14.3. The Labute approximate surface area is 121 Å². The minimum Gasteiger partial charge on any atom is -0.465 e. The van der Waals surface area contributed by atoms with Gasteiger partial charge < -0.3 is 14.2 Å². The third kappa shape index (κ3) is 4.03. The Kier molecular flexibility index (Phi) is 4.93. The summed E-state index contributed by atoms with van der Waals surface area (Å²) in [7, 11) is 0. The molecule has 0 spiro atoms. The van der Waals surface area contributed by atoms with Gasteiger partial charge in [0.25, 0.3) is 12.3 Å². The molecule has 7 heteroatoms. The van der Waals surface area contributed by atoms with Crippen LogP contribution in [-0.4, -0.2) is 47.0 Å². The number of esters is 1. The summed E-state index contributed by atoms with van der Waals surface area (Å²) < 4.78 is 31.1. The van der Waals surface area contributed by atoms with Crippen molar-refractivity contribution < 1.29 is 23.1 Å². The third-order valence-corrected chi connectivity index (χ3v) is 3.24. The van der Waals surface area contributed by atoms with Crippen molar-refractivity contribution in [2.24, 2.45) is 0 Å². The van der Waals surface area contributed by atoms with E-state index >= 15 is 0 Å². The molecule has 2 rings (SSSR count). The fraction of sp³-hybridized carbons (Fsp3) is 0.571. The van der Waals surface area contributed by atoms with Crippen molar-refractivity contribution in [2.45, 2.75) is 38.8 Å². The quantitative estimate of drug-likeness (QED) is 0.723. The lowest BCUT2D eigenvalue weighted by Gasteiger charge is -2.22. The van der Waals surface area contributed by atoms with Gasteiger partial charge in [0.1, 0.15) is 12.2 Å². The summed E-state index contributed by atoms with van der Waals surface area (Å²) in [6.07, 6.45) is 0.541. The number of carbonyl (C=O) groups excluding carboxylic acids is 2. The zero-order valence-electron chi connectivity index (χ0n) is 11.8. The first-order valence-electron chi connectivity index (χ1n) is 6.92. The van der Waals surface area contributed by atoms with Crippen molar-refractivity contribution in [3.05, 3.63) is 24.0 Å². The van der Waals surface area contributed by atoms with Gasteiger partial charge in [-0.25, -0.2) is 8.78 Å². The van der Waals surface area contributed by atoms with Crippen LogP contribution in [0.15, 0.2) is 18.3 Å². The highest BCUT2D eigenvalue weighted by Gasteiger charge is 2.35. The molecule has 1 aliphatic carbocycles. The summed E-state index contributed by atoms with van der Waals surface area (Å²) in [4.78, 5) is 25.5. The van der Waals surface area contributed by atoms with Crippen LogP contribution in [0.5, 0.6) is 0 Å². The summed E-state index contributed by atoms with van der Waals surface area (Å²) in [5.41, 5.74) is 0.173. The molecule has 1 fully saturated rings. The molecule has 0 bridgehead atoms. The number of nitrogens with zero attached hydrogens (tertiary/aromatic N) is 2. The van der Waals surface area contributed by atoms with Crippen molar-refractivity contribution in [1.29, 1.82) is 0 Å². The number of alkyl halides is 2. The van der Waals surface area contributed by atoms with Crippen LogP contribution in [-0.2, 0) is 16.1 Å². The second kappa shape index (κ2) is 6.69. The van der Waals surface area contributed by atoms with E-state index in [2.05, 4.69) is 0 Å². The largest absolute Gasteiger partial charge is 0.465 e. The van der Waals surface area contributed by atoms with E-state index in [1.54, 1.807) is 13.0 Å². The van der Waals surface area contributed by atoms with Crippen LogP contribution in [0.25, 0.3) is 0 Å². The first-order chi connectivity index (χ1) is 10.0. The highest BCUT2D eigenvalue weighted by atomic mass is 19.3. The second-order valence-corrected chi connectivity index (χ2v) is 4.91. The van der Waals surface area contributed by atoms with Gasteiger partial charge in [-0.3, -0.25) is 9.59 Å². The smallest absolute Gasteiger partial charge is 0.325 e. The van der Waals surface area contributed by atoms with E-state index in [4.69, 9.17) is 4.74 Å². The standard InChI is InChI=1S/C14H18F2N2O3/c1-2-21-13(19)9-18(10-5-6-10)14(20)11-4-3-7-17(11)8-12(15)16/h3-4,7,10,12H,2,5-6,8-9H2,1H3. The Morgan fingerprint density at radius 2 is 2.19 bits per heavy atom. The van der Waals surface area contributed by atoms with Crippen molar-refractivity contribution >= 4 is 11.9 Å². The predicted octanol–water partition coefficient (Wildman–Crippen LogP) is 1.92. The van der Waals surface area contributed by atoms with Crippen LogP contribution in [0.1, 0.15) is 30.3 Å². The molecule has 1 aromatic heterocycles. The van der Waals surface area contributed by atoms with E-state index in [0.29, 0.717) is 0 Å². The van der Waals surface area contributed by atoms with Gasteiger partial charge in [-0.1, -0.05) is 0 Å². The molecule has 0 atom stereocenters. The average Bonchev–Trinajstić information content (AvgIpc) is 3.15. The number of amides is 1. The minimum absolute atomic E-state index is 0.00296. The fourth-order valence-electron chi connectivity index (χ4n) is 2.16. The Hall–Kier alpha value is -1.92. The highest BCUT2D eigenvalue weighted by Crippen LogP contribution is 2.28. The maximum absolute atomic E-state index is 12.5. The lowest BCUT2D eigenvalue weighted by Crippen LogP contribution is -2.39. The van der Waals surface area contributed by atoms with Crippen LogP contribution in [0, 0.1) is 0 Å². The molecule has 0 unspecified atom stereocenters. The maximum atomic E-state index is 12.5. The van der Waals surface area contributed by atoms with E-state index in [1.165, 1.54) is 21.7 Å². The Morgan fingerprint density at radius 1 is 1.48 bits per heavy atom. The highest BCUT2D eigenvalue weighted by molar-refractivity contribution is 5.95. The first kappa shape index (κ1) is 15.5. The SMILES string of the molecule is CCOC(=O)CN(C(=O)c1cccn1CC(F)F)C1CC1. The summed E-state index contributed by atoms with van der Waals surface area (Å²) >= 11 is 0. The molecule has 1 aliphatic rings. The lowest BCUT2D eigenvalue weighted by molar-refractivity contribution is -0.144. The number of hydrogen-bond donors (Lipinski definition) is 0. The fourth-order valence-corrected chi connectivity index (χ4v) is 2.16. The number of ether oxygens (including phenoxy) is 1. The molecule has 0 saturated heterocycles. The van der Waals surface area contributed by atoms with Gasteiger partial charge in [0, 0.05) is 12.2 Å². The molecule has 1 heterocycles. The Bertz CT molecular complexity index is 512. The average molecular weight is 300 g/mol. The molecule has 0 radical (unpaired) electrons. The van der Waals surface area contributed by atoms with Crippen LogP contribution >= 0.6 is 0 Å². The summed E-state index contributed by atoms with van der Waals surface area (Å²) in [6, 6.07) is 3.04. The molecule has 116 valence electrons. The first-order valence-corrected chi connectivity index (χ1v) is 6.92. The lowest BCUT2D eigenvalue weighted by atomic mass is 10.3. The monoisotopic (exact) mass is 300 g/mol. The summed E-state index contributed by atoms with van der Waals surface area (Å²) in [5, 5.41) is 0. The molecular weight excluding hydrogens is 282 g/mol. The predicted molar refractivity (Wildman–Crippen MR) is 71.1 cm³/mol. The zero-order valence-corrected chi connectivity index (χ0v) is 11.8. The topological polar surface area (TPSA) is 51.5 Å². The Morgan fingerprint density at radius 3 is 2.76 bits per heavy atom. The molecule has 0 aromatic carbocycles. The number of aromatic nitrogens is 1. The van der Waals surface area contributed by atoms with Crippen LogP contribution < -0.4 is 0 Å². The van der Waals surface area contributed by atoms with Gasteiger partial charge in [0.05, 0.1) is 13.2 Å². The third-order valence-electron chi connectivity index (χ3n) is 3.24. The molecule has 0 N–H and O–H groups in total. The minimum atomic E-state index is -2.54. The second-order valence-electron chi connectivity index (χ2n) is 4.91. The summed E-state index contributed by atoms with van der Waals surface area (Å²) in [6.45, 7) is 1.26. The molecular formula is C14H18F2N2O3. The van der Waals surface area contributed by atoms with Gasteiger partial charge in [-0.2, -0.15) is 0 Å². The van der Waals surface area contributed by atoms with Crippen molar-refractivity contribution in [1.82, 2.24) is 9.47 Å². The maximum Gasteiger partial charge on any atom is 0.325 e. The van der Waals surface area contributed by atoms with Gasteiger partial charge in [0.15, 0.2) is 0 Å². The van der Waals surface area contributed by atoms with E-state index < -0.39 is 24.8 Å². The molecule has 1 amide bonds. The van der Waals surface area contributed by atoms with Crippen molar-refractivity contribution in [2.75, 3.05) is 13.2 Å². The Balaban J connectivity index is 2.11. The van der Waals surface area contributed by atoms with Crippen LogP contribution in [0.2, 0.25) is 0 Å². The number of carbonyl (C=O) groups is 2.